The van der Waals surface area contributed by atoms with E-state index in [-0.39, 0.29) is 0 Å². The van der Waals surface area contributed by atoms with Crippen molar-refractivity contribution in [3.63, 3.8) is 0 Å². The van der Waals surface area contributed by atoms with Gasteiger partial charge in [0.25, 0.3) is 0 Å². The van der Waals surface area contributed by atoms with Crippen LogP contribution in [0.1, 0.15) is 24.6 Å². The fraction of sp³-hybridized carbons (Fsp3) is 0.722. The van der Waals surface area contributed by atoms with Gasteiger partial charge in [-0.25, -0.2) is 0 Å². The normalized spacial score (nSPS) is 20.3. The molecular weight excluding hydrogens is 320 g/mol. The van der Waals surface area contributed by atoms with Crippen molar-refractivity contribution in [2.45, 2.75) is 32.2 Å². The molecule has 0 radical (unpaired) electrons. The Balaban J connectivity index is 1.68. The Morgan fingerprint density at radius 2 is 2.38 bits per heavy atom. The van der Waals surface area contributed by atoms with Gasteiger partial charge >= 0.3 is 0 Å². The Labute approximate surface area is 150 Å². The van der Waals surface area contributed by atoms with Gasteiger partial charge in [-0.1, -0.05) is 13.0 Å². The number of aliphatic imine (C=N–C) groups is 1. The molecule has 5 nitrogen and oxygen atoms in total. The Hall–Kier alpha value is -1.11. The number of methoxy groups -OCH3 is 1. The number of nitrogens with one attached hydrogen (secondary N) is 2. The number of ether oxygens (including phenoxy) is 1. The van der Waals surface area contributed by atoms with Crippen LogP contribution in [-0.4, -0.2) is 63.8 Å². The number of nitrogens with zero attached hydrogens (tertiary/aromatic N) is 2. The smallest absolute Gasteiger partial charge is 0.191 e. The summed E-state index contributed by atoms with van der Waals surface area (Å²) in [5.74, 6) is 1.50. The van der Waals surface area contributed by atoms with E-state index in [4.69, 9.17) is 4.74 Å². The number of hydrogen-bond donors (Lipinski definition) is 2. The SMILES string of the molecule is CN=C(NCC(C)Cc1cccs1)NCC1CCCN1CCOC. The Morgan fingerprint density at radius 1 is 1.50 bits per heavy atom. The van der Waals surface area contributed by atoms with E-state index < -0.39 is 0 Å². The van der Waals surface area contributed by atoms with Crippen molar-refractivity contribution in [1.82, 2.24) is 15.5 Å². The molecule has 2 atom stereocenters. The molecule has 1 aromatic rings. The molecule has 2 unspecified atom stereocenters. The van der Waals surface area contributed by atoms with Crippen molar-refractivity contribution in [1.29, 1.82) is 0 Å². The number of hydrogen-bond acceptors (Lipinski definition) is 4. The molecule has 0 aromatic carbocycles. The highest BCUT2D eigenvalue weighted by atomic mass is 32.1. The maximum absolute atomic E-state index is 5.21. The molecule has 1 saturated heterocycles. The summed E-state index contributed by atoms with van der Waals surface area (Å²) in [5, 5.41) is 9.10. The molecule has 1 aliphatic heterocycles. The van der Waals surface area contributed by atoms with E-state index in [1.54, 1.807) is 7.11 Å². The molecule has 0 aliphatic carbocycles. The van der Waals surface area contributed by atoms with Gasteiger partial charge in [0.1, 0.15) is 0 Å². The zero-order valence-electron chi connectivity index (χ0n) is 15.3. The molecule has 0 saturated carbocycles. The van der Waals surface area contributed by atoms with E-state index in [2.05, 4.69) is 45.0 Å². The zero-order valence-corrected chi connectivity index (χ0v) is 16.1. The van der Waals surface area contributed by atoms with Crippen LogP contribution >= 0.6 is 11.3 Å². The van der Waals surface area contributed by atoms with E-state index in [0.29, 0.717) is 12.0 Å². The van der Waals surface area contributed by atoms with Crippen molar-refractivity contribution in [2.75, 3.05) is 46.9 Å². The molecule has 2 N–H and O–H groups in total. The van der Waals surface area contributed by atoms with Crippen LogP contribution in [0.2, 0.25) is 0 Å². The lowest BCUT2D eigenvalue weighted by atomic mass is 10.1. The third-order valence-electron chi connectivity index (χ3n) is 4.56. The molecule has 24 heavy (non-hydrogen) atoms. The van der Waals surface area contributed by atoms with Gasteiger partial charge in [-0.2, -0.15) is 0 Å². The molecule has 6 heteroatoms. The first-order chi connectivity index (χ1) is 11.7. The largest absolute Gasteiger partial charge is 0.383 e. The van der Waals surface area contributed by atoms with Crippen molar-refractivity contribution >= 4 is 17.3 Å². The monoisotopic (exact) mass is 352 g/mol. The number of rotatable bonds is 9. The zero-order chi connectivity index (χ0) is 17.2. The summed E-state index contributed by atoms with van der Waals surface area (Å²) in [6.45, 7) is 7.18. The summed E-state index contributed by atoms with van der Waals surface area (Å²) >= 11 is 1.84. The molecule has 0 amide bonds. The molecule has 1 aromatic heterocycles. The van der Waals surface area contributed by atoms with Crippen LogP contribution in [0.4, 0.5) is 0 Å². The number of likely N-dealkylation sites (tertiary alicyclic amines) is 1. The van der Waals surface area contributed by atoms with E-state index >= 15 is 0 Å². The maximum atomic E-state index is 5.21. The van der Waals surface area contributed by atoms with Crippen molar-refractivity contribution in [3.8, 4) is 0 Å². The van der Waals surface area contributed by atoms with E-state index in [0.717, 1.165) is 38.6 Å². The van der Waals surface area contributed by atoms with Crippen LogP contribution < -0.4 is 10.6 Å². The minimum absolute atomic E-state index is 0.585. The van der Waals surface area contributed by atoms with Crippen LogP contribution in [0.15, 0.2) is 22.5 Å². The summed E-state index contributed by atoms with van der Waals surface area (Å²) in [5.41, 5.74) is 0. The molecule has 136 valence electrons. The van der Waals surface area contributed by atoms with Gasteiger partial charge in [-0.3, -0.25) is 9.89 Å². The van der Waals surface area contributed by atoms with Gasteiger partial charge in [0.2, 0.25) is 0 Å². The van der Waals surface area contributed by atoms with Gasteiger partial charge in [-0.15, -0.1) is 11.3 Å². The Morgan fingerprint density at radius 3 is 3.08 bits per heavy atom. The summed E-state index contributed by atoms with van der Waals surface area (Å²) in [4.78, 5) is 8.33. The first-order valence-corrected chi connectivity index (χ1v) is 9.80. The van der Waals surface area contributed by atoms with Gasteiger partial charge in [-0.05, 0) is 43.2 Å². The standard InChI is InChI=1S/C18H32N4OS/c1-15(12-17-7-5-11-24-17)13-20-18(19-2)21-14-16-6-4-8-22(16)9-10-23-3/h5,7,11,15-16H,4,6,8-10,12-14H2,1-3H3,(H2,19,20,21). The lowest BCUT2D eigenvalue weighted by molar-refractivity contribution is 0.141. The fourth-order valence-corrected chi connectivity index (χ4v) is 4.05. The Bertz CT molecular complexity index is 477. The second kappa shape index (κ2) is 10.7. The average molecular weight is 353 g/mol. The second-order valence-corrected chi connectivity index (χ2v) is 7.58. The first-order valence-electron chi connectivity index (χ1n) is 8.92. The molecule has 0 bridgehead atoms. The Kier molecular flexibility index (Phi) is 8.56. The van der Waals surface area contributed by atoms with Gasteiger partial charge in [0.15, 0.2) is 5.96 Å². The summed E-state index contributed by atoms with van der Waals surface area (Å²) in [6.07, 6.45) is 3.65. The van der Waals surface area contributed by atoms with Gasteiger partial charge < -0.3 is 15.4 Å². The van der Waals surface area contributed by atoms with Crippen LogP contribution in [0.5, 0.6) is 0 Å². The topological polar surface area (TPSA) is 48.9 Å². The summed E-state index contributed by atoms with van der Waals surface area (Å²) < 4.78 is 5.21. The van der Waals surface area contributed by atoms with E-state index in [1.165, 1.54) is 24.3 Å². The van der Waals surface area contributed by atoms with Crippen molar-refractivity contribution in [3.05, 3.63) is 22.4 Å². The van der Waals surface area contributed by atoms with Crippen molar-refractivity contribution in [2.24, 2.45) is 10.9 Å². The van der Waals surface area contributed by atoms with E-state index in [9.17, 15) is 0 Å². The number of guanidine groups is 1. The van der Waals surface area contributed by atoms with Crippen molar-refractivity contribution < 1.29 is 4.74 Å². The van der Waals surface area contributed by atoms with Crippen LogP contribution in [0, 0.1) is 5.92 Å². The second-order valence-electron chi connectivity index (χ2n) is 6.55. The predicted octanol–water partition coefficient (Wildman–Crippen LogP) is 2.20. The highest BCUT2D eigenvalue weighted by Crippen LogP contribution is 2.16. The number of thiophene rings is 1. The molecule has 2 rings (SSSR count). The maximum Gasteiger partial charge on any atom is 0.191 e. The molecule has 2 heterocycles. The molecular formula is C18H32N4OS. The third-order valence-corrected chi connectivity index (χ3v) is 5.46. The fourth-order valence-electron chi connectivity index (χ4n) is 3.18. The highest BCUT2D eigenvalue weighted by Gasteiger charge is 2.23. The average Bonchev–Trinajstić information content (AvgIpc) is 3.24. The lowest BCUT2D eigenvalue weighted by Gasteiger charge is -2.25. The van der Waals surface area contributed by atoms with Crippen LogP contribution in [-0.2, 0) is 11.2 Å². The highest BCUT2D eigenvalue weighted by molar-refractivity contribution is 7.09. The van der Waals surface area contributed by atoms with Gasteiger partial charge in [0, 0.05) is 44.7 Å². The predicted molar refractivity (Wildman–Crippen MR) is 103 cm³/mol. The van der Waals surface area contributed by atoms with E-state index in [1.807, 2.05) is 18.4 Å². The third kappa shape index (κ3) is 6.42. The van der Waals surface area contributed by atoms with Crippen LogP contribution in [0.3, 0.4) is 0 Å². The minimum Gasteiger partial charge on any atom is -0.383 e. The van der Waals surface area contributed by atoms with Crippen LogP contribution in [0.25, 0.3) is 0 Å². The molecule has 1 fully saturated rings. The lowest BCUT2D eigenvalue weighted by Crippen LogP contribution is -2.46. The molecule has 0 spiro atoms. The quantitative estimate of drug-likeness (QED) is 0.528. The molecule has 1 aliphatic rings. The minimum atomic E-state index is 0.585. The van der Waals surface area contributed by atoms with Gasteiger partial charge in [0.05, 0.1) is 6.61 Å². The summed E-state index contributed by atoms with van der Waals surface area (Å²) in [6, 6.07) is 4.92. The first kappa shape index (κ1) is 19.2. The summed E-state index contributed by atoms with van der Waals surface area (Å²) in [7, 11) is 3.61.